The van der Waals surface area contributed by atoms with Gasteiger partial charge < -0.3 is 15.4 Å². The summed E-state index contributed by atoms with van der Waals surface area (Å²) < 4.78 is 5.11. The normalized spacial score (nSPS) is 30.5. The number of halogens is 1. The molecule has 0 radical (unpaired) electrons. The second kappa shape index (κ2) is 8.08. The van der Waals surface area contributed by atoms with Crippen molar-refractivity contribution in [3.8, 4) is 0 Å². The number of hydrogen-bond donors (Lipinski definition) is 2. The number of methoxy groups -OCH3 is 1. The van der Waals surface area contributed by atoms with E-state index in [2.05, 4.69) is 17.6 Å². The number of hydrogen-bond acceptors (Lipinski definition) is 3. The molecular formula is C14H27ClN2O2. The maximum absolute atomic E-state index is 12.0. The quantitative estimate of drug-likeness (QED) is 0.785. The highest BCUT2D eigenvalue weighted by Crippen LogP contribution is 2.32. The third-order valence-corrected chi connectivity index (χ3v) is 4.27. The Kier molecular flexibility index (Phi) is 7.11. The molecule has 0 aromatic heterocycles. The number of carbonyl (C=O) groups is 1. The van der Waals surface area contributed by atoms with Gasteiger partial charge in [0.2, 0.25) is 5.91 Å². The summed E-state index contributed by atoms with van der Waals surface area (Å²) in [6, 6.07) is 1.51. The van der Waals surface area contributed by atoms with E-state index in [0.29, 0.717) is 31.0 Å². The van der Waals surface area contributed by atoms with Gasteiger partial charge in [0.15, 0.2) is 0 Å². The van der Waals surface area contributed by atoms with Gasteiger partial charge >= 0.3 is 0 Å². The average Bonchev–Trinajstić information content (AvgIpc) is 2.68. The summed E-state index contributed by atoms with van der Waals surface area (Å²) in [7, 11) is 1.68. The molecule has 1 amide bonds. The maximum Gasteiger partial charge on any atom is 0.220 e. The minimum absolute atomic E-state index is 0. The van der Waals surface area contributed by atoms with E-state index in [1.807, 2.05) is 0 Å². The molecule has 2 aliphatic rings. The molecule has 5 heteroatoms. The molecule has 0 aromatic rings. The van der Waals surface area contributed by atoms with Crippen LogP contribution in [-0.4, -0.2) is 37.7 Å². The summed E-state index contributed by atoms with van der Waals surface area (Å²) in [6.07, 6.45) is 6.55. The lowest BCUT2D eigenvalue weighted by atomic mass is 9.89. The third-order valence-electron chi connectivity index (χ3n) is 4.27. The van der Waals surface area contributed by atoms with Crippen molar-refractivity contribution in [1.29, 1.82) is 0 Å². The molecule has 2 N–H and O–H groups in total. The van der Waals surface area contributed by atoms with Gasteiger partial charge in [-0.15, -0.1) is 12.4 Å². The highest BCUT2D eigenvalue weighted by Gasteiger charge is 2.34. The molecule has 3 atom stereocenters. The number of amides is 1. The molecule has 2 heterocycles. The van der Waals surface area contributed by atoms with Crippen molar-refractivity contribution in [2.45, 2.75) is 63.6 Å². The Morgan fingerprint density at radius 1 is 1.37 bits per heavy atom. The van der Waals surface area contributed by atoms with E-state index in [1.54, 1.807) is 7.11 Å². The van der Waals surface area contributed by atoms with Gasteiger partial charge in [0.1, 0.15) is 0 Å². The first-order valence-corrected chi connectivity index (χ1v) is 7.25. The van der Waals surface area contributed by atoms with E-state index in [1.165, 1.54) is 25.7 Å². The van der Waals surface area contributed by atoms with Crippen LogP contribution < -0.4 is 10.6 Å². The molecule has 2 bridgehead atoms. The molecule has 3 unspecified atom stereocenters. The van der Waals surface area contributed by atoms with Crippen LogP contribution >= 0.6 is 12.4 Å². The fourth-order valence-electron chi connectivity index (χ4n) is 3.35. The summed E-state index contributed by atoms with van der Waals surface area (Å²) in [5.74, 6) is 0.772. The Hall–Kier alpha value is -0.320. The smallest absolute Gasteiger partial charge is 0.220 e. The monoisotopic (exact) mass is 290 g/mol. The van der Waals surface area contributed by atoms with Gasteiger partial charge in [-0.2, -0.15) is 0 Å². The van der Waals surface area contributed by atoms with Crippen LogP contribution in [0.15, 0.2) is 0 Å². The molecule has 19 heavy (non-hydrogen) atoms. The van der Waals surface area contributed by atoms with Crippen LogP contribution in [0.1, 0.15) is 45.4 Å². The Labute approximate surface area is 122 Å². The predicted molar refractivity (Wildman–Crippen MR) is 78.6 cm³/mol. The highest BCUT2D eigenvalue weighted by molar-refractivity contribution is 5.85. The average molecular weight is 291 g/mol. The largest absolute Gasteiger partial charge is 0.383 e. The lowest BCUT2D eigenvalue weighted by Crippen LogP contribution is -2.42. The molecule has 0 saturated carbocycles. The van der Waals surface area contributed by atoms with Gasteiger partial charge in [0.05, 0.1) is 12.6 Å². The van der Waals surface area contributed by atoms with Crippen molar-refractivity contribution in [2.75, 3.05) is 13.7 Å². The predicted octanol–water partition coefficient (Wildman–Crippen LogP) is 1.87. The number of ether oxygens (including phenoxy) is 1. The van der Waals surface area contributed by atoms with Gasteiger partial charge in [0.25, 0.3) is 0 Å². The van der Waals surface area contributed by atoms with E-state index in [9.17, 15) is 4.79 Å². The molecule has 0 spiro atoms. The number of rotatable bonds is 6. The second-order valence-corrected chi connectivity index (χ2v) is 5.81. The Morgan fingerprint density at radius 3 is 2.53 bits per heavy atom. The standard InChI is InChI=1S/C14H26N2O2.ClH/c1-3-11(9-18-2)16-14(17)8-10-6-12-4-5-13(7-10)15-12;/h10-13,15H,3-9H2,1-2H3,(H,16,17);1H. The van der Waals surface area contributed by atoms with Crippen LogP contribution in [0.2, 0.25) is 0 Å². The summed E-state index contributed by atoms with van der Waals surface area (Å²) in [6.45, 7) is 2.69. The van der Waals surface area contributed by atoms with Crippen LogP contribution in [0.5, 0.6) is 0 Å². The van der Waals surface area contributed by atoms with E-state index in [4.69, 9.17) is 4.74 Å². The van der Waals surface area contributed by atoms with Gasteiger partial charge in [-0.1, -0.05) is 6.92 Å². The van der Waals surface area contributed by atoms with Crippen LogP contribution in [0.4, 0.5) is 0 Å². The lowest BCUT2D eigenvalue weighted by Gasteiger charge is -2.29. The zero-order chi connectivity index (χ0) is 13.0. The molecule has 2 rings (SSSR count). The van der Waals surface area contributed by atoms with Crippen molar-refractivity contribution in [3.63, 3.8) is 0 Å². The minimum Gasteiger partial charge on any atom is -0.383 e. The van der Waals surface area contributed by atoms with Crippen LogP contribution in [0.25, 0.3) is 0 Å². The number of nitrogens with one attached hydrogen (secondary N) is 2. The summed E-state index contributed by atoms with van der Waals surface area (Å²) in [5.41, 5.74) is 0. The Morgan fingerprint density at radius 2 is 2.00 bits per heavy atom. The van der Waals surface area contributed by atoms with Gasteiger partial charge in [-0.3, -0.25) is 4.79 Å². The van der Waals surface area contributed by atoms with Crippen molar-refractivity contribution in [1.82, 2.24) is 10.6 Å². The van der Waals surface area contributed by atoms with E-state index in [-0.39, 0.29) is 24.4 Å². The molecule has 112 valence electrons. The third kappa shape index (κ3) is 4.93. The van der Waals surface area contributed by atoms with Crippen LogP contribution in [0, 0.1) is 5.92 Å². The van der Waals surface area contributed by atoms with Gasteiger partial charge in [0, 0.05) is 25.6 Å². The van der Waals surface area contributed by atoms with Crippen molar-refractivity contribution in [3.05, 3.63) is 0 Å². The van der Waals surface area contributed by atoms with Crippen molar-refractivity contribution in [2.24, 2.45) is 5.92 Å². The Balaban J connectivity index is 0.00000180. The topological polar surface area (TPSA) is 50.4 Å². The first kappa shape index (κ1) is 16.7. The molecule has 2 aliphatic heterocycles. The molecule has 0 aliphatic carbocycles. The summed E-state index contributed by atoms with van der Waals surface area (Å²) in [4.78, 5) is 12.0. The molecule has 2 fully saturated rings. The van der Waals surface area contributed by atoms with Gasteiger partial charge in [-0.05, 0) is 38.0 Å². The van der Waals surface area contributed by atoms with Crippen LogP contribution in [-0.2, 0) is 9.53 Å². The molecule has 2 saturated heterocycles. The van der Waals surface area contributed by atoms with Gasteiger partial charge in [-0.25, -0.2) is 0 Å². The summed E-state index contributed by atoms with van der Waals surface area (Å²) >= 11 is 0. The minimum atomic E-state index is 0. The first-order chi connectivity index (χ1) is 8.71. The SMILES string of the molecule is CCC(COC)NC(=O)CC1CC2CCC(C1)N2.Cl. The molecular weight excluding hydrogens is 264 g/mol. The lowest BCUT2D eigenvalue weighted by molar-refractivity contribution is -0.123. The maximum atomic E-state index is 12.0. The number of fused-ring (bicyclic) bond motifs is 2. The zero-order valence-corrected chi connectivity index (χ0v) is 12.8. The van der Waals surface area contributed by atoms with Crippen molar-refractivity contribution >= 4 is 18.3 Å². The fraction of sp³-hybridized carbons (Fsp3) is 0.929. The highest BCUT2D eigenvalue weighted by atomic mass is 35.5. The Bertz CT molecular complexity index is 277. The second-order valence-electron chi connectivity index (χ2n) is 5.81. The van der Waals surface area contributed by atoms with E-state index in [0.717, 1.165) is 6.42 Å². The van der Waals surface area contributed by atoms with E-state index < -0.39 is 0 Å². The van der Waals surface area contributed by atoms with Crippen molar-refractivity contribution < 1.29 is 9.53 Å². The number of carbonyl (C=O) groups excluding carboxylic acids is 1. The van der Waals surface area contributed by atoms with Crippen LogP contribution in [0.3, 0.4) is 0 Å². The first-order valence-electron chi connectivity index (χ1n) is 7.25. The fourth-order valence-corrected chi connectivity index (χ4v) is 3.35. The number of piperidine rings is 1. The van der Waals surface area contributed by atoms with E-state index >= 15 is 0 Å². The molecule has 4 nitrogen and oxygen atoms in total. The zero-order valence-electron chi connectivity index (χ0n) is 12.0. The molecule has 0 aromatic carbocycles. The summed E-state index contributed by atoms with van der Waals surface area (Å²) in [5, 5.41) is 6.69.